The summed E-state index contributed by atoms with van der Waals surface area (Å²) in [6.07, 6.45) is 2.20. The fourth-order valence-corrected chi connectivity index (χ4v) is 2.74. The summed E-state index contributed by atoms with van der Waals surface area (Å²) in [4.78, 5) is 18.8. The number of carbonyl (C=O) groups is 1. The molecule has 0 aliphatic carbocycles. The lowest BCUT2D eigenvalue weighted by Crippen LogP contribution is -2.43. The molecule has 0 bridgehead atoms. The van der Waals surface area contributed by atoms with Crippen LogP contribution in [0.4, 0.5) is 11.5 Å². The van der Waals surface area contributed by atoms with E-state index in [1.165, 1.54) is 0 Å². The molecular formula is C18H22N4O. The standard InChI is InChI=1S/C18H22N4O/c1-14-4-2-3-5-15(14)12-18(23)21-17-7-6-16(13-20-17)22-10-8-19-9-11-22/h2-7,13,19H,8-12H2,1H3,(H,20,21,23). The first-order valence-corrected chi connectivity index (χ1v) is 7.98. The van der Waals surface area contributed by atoms with Gasteiger partial charge in [0.1, 0.15) is 5.82 Å². The average molecular weight is 310 g/mol. The summed E-state index contributed by atoms with van der Waals surface area (Å²) in [6, 6.07) is 11.8. The van der Waals surface area contributed by atoms with Crippen LogP contribution in [-0.4, -0.2) is 37.1 Å². The number of anilines is 2. The highest BCUT2D eigenvalue weighted by Crippen LogP contribution is 2.16. The van der Waals surface area contributed by atoms with E-state index in [1.54, 1.807) is 0 Å². The molecule has 2 aromatic rings. The van der Waals surface area contributed by atoms with Gasteiger partial charge in [-0.1, -0.05) is 24.3 Å². The van der Waals surface area contributed by atoms with Crippen LogP contribution in [0, 0.1) is 6.92 Å². The molecule has 1 fully saturated rings. The molecule has 1 amide bonds. The van der Waals surface area contributed by atoms with Crippen molar-refractivity contribution >= 4 is 17.4 Å². The molecule has 0 saturated carbocycles. The lowest BCUT2D eigenvalue weighted by Gasteiger charge is -2.29. The summed E-state index contributed by atoms with van der Waals surface area (Å²) in [6.45, 7) is 5.98. The van der Waals surface area contributed by atoms with Crippen molar-refractivity contribution in [2.24, 2.45) is 0 Å². The van der Waals surface area contributed by atoms with Crippen LogP contribution in [0.15, 0.2) is 42.6 Å². The van der Waals surface area contributed by atoms with Crippen molar-refractivity contribution in [3.05, 3.63) is 53.7 Å². The Bertz CT molecular complexity index is 663. The second-order valence-electron chi connectivity index (χ2n) is 5.79. The average Bonchev–Trinajstić information content (AvgIpc) is 2.58. The number of benzene rings is 1. The van der Waals surface area contributed by atoms with E-state index in [0.717, 1.165) is 43.0 Å². The molecule has 1 aliphatic heterocycles. The summed E-state index contributed by atoms with van der Waals surface area (Å²) in [5, 5.41) is 6.20. The summed E-state index contributed by atoms with van der Waals surface area (Å²) in [5.41, 5.74) is 3.27. The maximum absolute atomic E-state index is 12.2. The molecule has 0 atom stereocenters. The quantitative estimate of drug-likeness (QED) is 0.907. The number of hydrogen-bond donors (Lipinski definition) is 2. The van der Waals surface area contributed by atoms with Crippen molar-refractivity contribution in [3.8, 4) is 0 Å². The van der Waals surface area contributed by atoms with Gasteiger partial charge in [-0.3, -0.25) is 4.79 Å². The number of nitrogens with zero attached hydrogens (tertiary/aromatic N) is 2. The number of rotatable bonds is 4. The summed E-state index contributed by atoms with van der Waals surface area (Å²) in [5.74, 6) is 0.559. The normalized spacial score (nSPS) is 14.6. The molecule has 1 saturated heterocycles. The second kappa shape index (κ2) is 7.24. The maximum Gasteiger partial charge on any atom is 0.229 e. The largest absolute Gasteiger partial charge is 0.368 e. The topological polar surface area (TPSA) is 57.3 Å². The van der Waals surface area contributed by atoms with Gasteiger partial charge in [-0.05, 0) is 30.2 Å². The van der Waals surface area contributed by atoms with Gasteiger partial charge in [0.25, 0.3) is 0 Å². The minimum absolute atomic E-state index is 0.0401. The molecule has 120 valence electrons. The number of amides is 1. The van der Waals surface area contributed by atoms with Gasteiger partial charge in [0.2, 0.25) is 5.91 Å². The Morgan fingerprint density at radius 3 is 2.70 bits per heavy atom. The van der Waals surface area contributed by atoms with Crippen LogP contribution >= 0.6 is 0 Å². The molecule has 2 heterocycles. The van der Waals surface area contributed by atoms with Gasteiger partial charge in [0, 0.05) is 26.2 Å². The first kappa shape index (κ1) is 15.5. The number of aromatic nitrogens is 1. The first-order chi connectivity index (χ1) is 11.2. The molecular weight excluding hydrogens is 288 g/mol. The number of piperazine rings is 1. The van der Waals surface area contributed by atoms with Crippen molar-refractivity contribution in [1.29, 1.82) is 0 Å². The number of nitrogens with one attached hydrogen (secondary N) is 2. The van der Waals surface area contributed by atoms with Gasteiger partial charge in [-0.25, -0.2) is 4.98 Å². The Morgan fingerprint density at radius 2 is 2.00 bits per heavy atom. The molecule has 23 heavy (non-hydrogen) atoms. The van der Waals surface area contributed by atoms with E-state index >= 15 is 0 Å². The van der Waals surface area contributed by atoms with Gasteiger partial charge < -0.3 is 15.5 Å². The van der Waals surface area contributed by atoms with E-state index in [9.17, 15) is 4.79 Å². The Morgan fingerprint density at radius 1 is 1.22 bits per heavy atom. The van der Waals surface area contributed by atoms with E-state index in [-0.39, 0.29) is 5.91 Å². The van der Waals surface area contributed by atoms with Crippen molar-refractivity contribution in [2.75, 3.05) is 36.4 Å². The molecule has 1 aromatic heterocycles. The van der Waals surface area contributed by atoms with Crippen LogP contribution in [0.3, 0.4) is 0 Å². The van der Waals surface area contributed by atoms with Gasteiger partial charge in [0.15, 0.2) is 0 Å². The van der Waals surface area contributed by atoms with Crippen molar-refractivity contribution in [2.45, 2.75) is 13.3 Å². The van der Waals surface area contributed by atoms with Gasteiger partial charge in [-0.15, -0.1) is 0 Å². The fourth-order valence-electron chi connectivity index (χ4n) is 2.74. The van der Waals surface area contributed by atoms with Gasteiger partial charge in [-0.2, -0.15) is 0 Å². The first-order valence-electron chi connectivity index (χ1n) is 7.98. The van der Waals surface area contributed by atoms with Crippen LogP contribution in [0.1, 0.15) is 11.1 Å². The van der Waals surface area contributed by atoms with E-state index < -0.39 is 0 Å². The highest BCUT2D eigenvalue weighted by Gasteiger charge is 2.11. The van der Waals surface area contributed by atoms with Crippen LogP contribution in [0.5, 0.6) is 0 Å². The maximum atomic E-state index is 12.2. The third-order valence-electron chi connectivity index (χ3n) is 4.11. The van der Waals surface area contributed by atoms with Crippen molar-refractivity contribution in [1.82, 2.24) is 10.3 Å². The van der Waals surface area contributed by atoms with E-state index in [4.69, 9.17) is 0 Å². The zero-order chi connectivity index (χ0) is 16.1. The minimum atomic E-state index is -0.0401. The predicted octanol–water partition coefficient (Wildman–Crippen LogP) is 1.98. The van der Waals surface area contributed by atoms with Gasteiger partial charge >= 0.3 is 0 Å². The Balaban J connectivity index is 1.59. The molecule has 1 aromatic carbocycles. The number of aryl methyl sites for hydroxylation is 1. The highest BCUT2D eigenvalue weighted by atomic mass is 16.1. The number of pyridine rings is 1. The summed E-state index contributed by atoms with van der Waals surface area (Å²) >= 11 is 0. The predicted molar refractivity (Wildman–Crippen MR) is 92.8 cm³/mol. The Labute approximate surface area is 136 Å². The SMILES string of the molecule is Cc1ccccc1CC(=O)Nc1ccc(N2CCNCC2)cn1. The monoisotopic (exact) mass is 310 g/mol. The third kappa shape index (κ3) is 4.07. The van der Waals surface area contributed by atoms with Crippen LogP contribution in [0.2, 0.25) is 0 Å². The van der Waals surface area contributed by atoms with E-state index in [0.29, 0.717) is 12.2 Å². The molecule has 0 spiro atoms. The second-order valence-corrected chi connectivity index (χ2v) is 5.79. The Hall–Kier alpha value is -2.40. The molecule has 5 heteroatoms. The van der Waals surface area contributed by atoms with E-state index in [2.05, 4.69) is 20.5 Å². The van der Waals surface area contributed by atoms with Crippen LogP contribution < -0.4 is 15.5 Å². The molecule has 0 radical (unpaired) electrons. The third-order valence-corrected chi connectivity index (χ3v) is 4.11. The highest BCUT2D eigenvalue weighted by molar-refractivity contribution is 5.91. The lowest BCUT2D eigenvalue weighted by molar-refractivity contribution is -0.115. The molecule has 0 unspecified atom stereocenters. The zero-order valence-corrected chi connectivity index (χ0v) is 13.4. The van der Waals surface area contributed by atoms with Crippen LogP contribution in [0.25, 0.3) is 0 Å². The molecule has 5 nitrogen and oxygen atoms in total. The van der Waals surface area contributed by atoms with E-state index in [1.807, 2.05) is 49.5 Å². The van der Waals surface area contributed by atoms with Crippen molar-refractivity contribution < 1.29 is 4.79 Å². The van der Waals surface area contributed by atoms with Crippen LogP contribution in [-0.2, 0) is 11.2 Å². The Kier molecular flexibility index (Phi) is 4.88. The van der Waals surface area contributed by atoms with Crippen molar-refractivity contribution in [3.63, 3.8) is 0 Å². The summed E-state index contributed by atoms with van der Waals surface area (Å²) < 4.78 is 0. The molecule has 2 N–H and O–H groups in total. The lowest BCUT2D eigenvalue weighted by atomic mass is 10.1. The number of hydrogen-bond acceptors (Lipinski definition) is 4. The van der Waals surface area contributed by atoms with Gasteiger partial charge in [0.05, 0.1) is 18.3 Å². The molecule has 3 rings (SSSR count). The minimum Gasteiger partial charge on any atom is -0.368 e. The summed E-state index contributed by atoms with van der Waals surface area (Å²) in [7, 11) is 0. The zero-order valence-electron chi connectivity index (χ0n) is 13.4. The smallest absolute Gasteiger partial charge is 0.229 e. The number of carbonyl (C=O) groups excluding carboxylic acids is 1. The molecule has 1 aliphatic rings. The fraction of sp³-hybridized carbons (Fsp3) is 0.333.